The predicted octanol–water partition coefficient (Wildman–Crippen LogP) is 3.80. The lowest BCUT2D eigenvalue weighted by Crippen LogP contribution is -2.34. The minimum atomic E-state index is -0.203. The summed E-state index contributed by atoms with van der Waals surface area (Å²) in [4.78, 5) is 26.7. The Bertz CT molecular complexity index is 1040. The maximum atomic E-state index is 12.8. The summed E-state index contributed by atoms with van der Waals surface area (Å²) < 4.78 is 7.03. The molecule has 2 heterocycles. The highest BCUT2D eigenvalue weighted by molar-refractivity contribution is 6.30. The number of nitrogens with zero attached hydrogens (tertiary/aromatic N) is 3. The summed E-state index contributed by atoms with van der Waals surface area (Å²) in [5.74, 6) is 1.08. The molecule has 0 radical (unpaired) electrons. The number of Topliss-reactive ketones (excluding diaryl/α,β-unsaturated/α-hetero) is 1. The van der Waals surface area contributed by atoms with Crippen molar-refractivity contribution in [2.75, 3.05) is 25.5 Å². The third-order valence-corrected chi connectivity index (χ3v) is 4.78. The van der Waals surface area contributed by atoms with Gasteiger partial charge in [-0.15, -0.1) is 0 Å². The molecule has 7 nitrogen and oxygen atoms in total. The molecule has 0 aliphatic rings. The molecular weight excluding hydrogens is 392 g/mol. The van der Waals surface area contributed by atoms with Crippen molar-refractivity contribution in [1.29, 1.82) is 0 Å². The molecule has 0 bridgehead atoms. The van der Waals surface area contributed by atoms with Gasteiger partial charge in [0.2, 0.25) is 5.91 Å². The van der Waals surface area contributed by atoms with Crippen LogP contribution in [0.2, 0.25) is 5.02 Å². The topological polar surface area (TPSA) is 80.4 Å². The molecule has 0 unspecified atom stereocenters. The molecule has 0 spiro atoms. The van der Waals surface area contributed by atoms with Crippen LogP contribution in [-0.2, 0) is 4.79 Å². The van der Waals surface area contributed by atoms with Crippen molar-refractivity contribution < 1.29 is 14.1 Å². The second-order valence-electron chi connectivity index (χ2n) is 7.07. The van der Waals surface area contributed by atoms with Crippen molar-refractivity contribution >= 4 is 29.0 Å². The van der Waals surface area contributed by atoms with E-state index in [1.54, 1.807) is 36.2 Å². The predicted molar refractivity (Wildman–Crippen MR) is 112 cm³/mol. The lowest BCUT2D eigenvalue weighted by atomic mass is 10.1. The van der Waals surface area contributed by atoms with E-state index in [1.165, 1.54) is 0 Å². The number of carbonyl (C=O) groups excluding carboxylic acids is 2. The molecule has 3 rings (SSSR count). The van der Waals surface area contributed by atoms with E-state index in [1.807, 2.05) is 37.5 Å². The number of halogens is 1. The van der Waals surface area contributed by atoms with Crippen LogP contribution in [0.15, 0.2) is 40.9 Å². The summed E-state index contributed by atoms with van der Waals surface area (Å²) in [7, 11) is 1.74. The minimum Gasteiger partial charge on any atom is -0.360 e. The van der Waals surface area contributed by atoms with Crippen LogP contribution in [0.25, 0.3) is 5.82 Å². The molecule has 1 N–H and O–H groups in total. The van der Waals surface area contributed by atoms with Crippen LogP contribution in [0.5, 0.6) is 0 Å². The van der Waals surface area contributed by atoms with Crippen LogP contribution in [0.4, 0.5) is 5.69 Å². The van der Waals surface area contributed by atoms with Crippen LogP contribution < -0.4 is 5.32 Å². The Kier molecular flexibility index (Phi) is 6.20. The Morgan fingerprint density at radius 1 is 1.14 bits per heavy atom. The van der Waals surface area contributed by atoms with E-state index in [-0.39, 0.29) is 24.8 Å². The van der Waals surface area contributed by atoms with Crippen LogP contribution in [0.3, 0.4) is 0 Å². The fraction of sp³-hybridized carbons (Fsp3) is 0.286. The molecule has 0 saturated heterocycles. The van der Waals surface area contributed by atoms with Crippen LogP contribution in [0, 0.1) is 20.8 Å². The molecule has 3 aromatic rings. The molecule has 0 saturated carbocycles. The fourth-order valence-electron chi connectivity index (χ4n) is 3.22. The van der Waals surface area contributed by atoms with Gasteiger partial charge in [0.1, 0.15) is 5.76 Å². The Labute approximate surface area is 174 Å². The zero-order valence-electron chi connectivity index (χ0n) is 16.8. The number of aryl methyl sites for hydroxylation is 2. The number of carbonyl (C=O) groups is 2. The lowest BCUT2D eigenvalue weighted by molar-refractivity contribution is -0.116. The highest BCUT2D eigenvalue weighted by Gasteiger charge is 2.20. The summed E-state index contributed by atoms with van der Waals surface area (Å²) in [6.07, 6.45) is 0. The number of amides is 1. The first-order valence-electron chi connectivity index (χ1n) is 9.14. The Hall–Kier alpha value is -2.90. The van der Waals surface area contributed by atoms with Gasteiger partial charge >= 0.3 is 0 Å². The molecule has 1 aromatic carbocycles. The number of rotatable bonds is 7. The number of anilines is 1. The number of aromatic nitrogens is 2. The van der Waals surface area contributed by atoms with E-state index >= 15 is 0 Å². The number of hydrogen-bond acceptors (Lipinski definition) is 5. The first kappa shape index (κ1) is 20.8. The normalized spacial score (nSPS) is 11.1. The molecule has 8 heteroatoms. The molecule has 1 amide bonds. The first-order valence-corrected chi connectivity index (χ1v) is 9.52. The van der Waals surface area contributed by atoms with Gasteiger partial charge in [0.15, 0.2) is 11.6 Å². The summed E-state index contributed by atoms with van der Waals surface area (Å²) in [6.45, 7) is 5.82. The van der Waals surface area contributed by atoms with Gasteiger partial charge < -0.3 is 9.84 Å². The second kappa shape index (κ2) is 8.63. The van der Waals surface area contributed by atoms with Crippen molar-refractivity contribution in [3.8, 4) is 5.82 Å². The van der Waals surface area contributed by atoms with E-state index in [4.69, 9.17) is 16.1 Å². The highest BCUT2D eigenvalue weighted by Crippen LogP contribution is 2.21. The average Bonchev–Trinajstić information content (AvgIpc) is 3.19. The SMILES string of the molecule is Cc1cc(-n2c(C)cc(C(=O)CN(C)CC(=O)Nc3ccc(Cl)cc3)c2C)no1. The standard InChI is InChI=1S/C21H23ClN4O3/c1-13-9-18(15(3)26(13)20-10-14(2)29-24-20)19(27)11-25(4)12-21(28)23-17-7-5-16(22)6-8-17/h5-10H,11-12H2,1-4H3,(H,23,28). The lowest BCUT2D eigenvalue weighted by Gasteiger charge is -2.15. The van der Waals surface area contributed by atoms with Gasteiger partial charge in [-0.05, 0) is 58.2 Å². The summed E-state index contributed by atoms with van der Waals surface area (Å²) in [5.41, 5.74) is 2.95. The second-order valence-corrected chi connectivity index (χ2v) is 7.50. The molecule has 29 heavy (non-hydrogen) atoms. The number of ketones is 1. The van der Waals surface area contributed by atoms with Gasteiger partial charge in [0, 0.05) is 33.7 Å². The monoisotopic (exact) mass is 414 g/mol. The molecule has 0 aliphatic carbocycles. The molecular formula is C21H23ClN4O3. The van der Waals surface area contributed by atoms with E-state index in [0.717, 1.165) is 11.4 Å². The van der Waals surface area contributed by atoms with E-state index in [2.05, 4.69) is 10.5 Å². The number of likely N-dealkylation sites (N-methyl/N-ethyl adjacent to an activating group) is 1. The molecule has 0 fully saturated rings. The summed E-state index contributed by atoms with van der Waals surface area (Å²) in [5, 5.41) is 7.42. The Morgan fingerprint density at radius 3 is 2.45 bits per heavy atom. The highest BCUT2D eigenvalue weighted by atomic mass is 35.5. The van der Waals surface area contributed by atoms with Gasteiger partial charge in [-0.1, -0.05) is 16.8 Å². The minimum absolute atomic E-state index is 0.0636. The number of hydrogen-bond donors (Lipinski definition) is 1. The molecule has 152 valence electrons. The van der Waals surface area contributed by atoms with Gasteiger partial charge in [-0.2, -0.15) is 0 Å². The number of benzene rings is 1. The number of nitrogens with one attached hydrogen (secondary N) is 1. The largest absolute Gasteiger partial charge is 0.360 e. The van der Waals surface area contributed by atoms with Gasteiger partial charge in [0.05, 0.1) is 13.1 Å². The van der Waals surface area contributed by atoms with Gasteiger partial charge in [-0.3, -0.25) is 19.1 Å². The maximum absolute atomic E-state index is 12.8. The summed E-state index contributed by atoms with van der Waals surface area (Å²) >= 11 is 5.84. The van der Waals surface area contributed by atoms with Crippen molar-refractivity contribution in [3.05, 3.63) is 64.1 Å². The zero-order chi connectivity index (χ0) is 21.1. The van der Waals surface area contributed by atoms with Crippen LogP contribution in [-0.4, -0.2) is 46.5 Å². The average molecular weight is 415 g/mol. The Morgan fingerprint density at radius 2 is 1.83 bits per heavy atom. The van der Waals surface area contributed by atoms with Crippen molar-refractivity contribution in [2.45, 2.75) is 20.8 Å². The molecule has 0 atom stereocenters. The van der Waals surface area contributed by atoms with Crippen molar-refractivity contribution in [1.82, 2.24) is 14.6 Å². The van der Waals surface area contributed by atoms with Crippen molar-refractivity contribution in [2.24, 2.45) is 0 Å². The smallest absolute Gasteiger partial charge is 0.238 e. The zero-order valence-corrected chi connectivity index (χ0v) is 17.6. The van der Waals surface area contributed by atoms with Gasteiger partial charge in [0.25, 0.3) is 0 Å². The maximum Gasteiger partial charge on any atom is 0.238 e. The van der Waals surface area contributed by atoms with E-state index < -0.39 is 0 Å². The quantitative estimate of drug-likeness (QED) is 0.595. The molecule has 2 aromatic heterocycles. The Balaban J connectivity index is 1.64. The van der Waals surface area contributed by atoms with E-state index in [9.17, 15) is 9.59 Å². The van der Waals surface area contributed by atoms with Gasteiger partial charge in [-0.25, -0.2) is 0 Å². The fourth-order valence-corrected chi connectivity index (χ4v) is 3.35. The van der Waals surface area contributed by atoms with E-state index in [0.29, 0.717) is 27.9 Å². The first-order chi connectivity index (χ1) is 13.7. The van der Waals surface area contributed by atoms with Crippen molar-refractivity contribution in [3.63, 3.8) is 0 Å². The third-order valence-electron chi connectivity index (χ3n) is 4.53. The van der Waals surface area contributed by atoms with Crippen LogP contribution in [0.1, 0.15) is 27.5 Å². The molecule has 0 aliphatic heterocycles. The summed E-state index contributed by atoms with van der Waals surface area (Å²) in [6, 6.07) is 10.5. The van der Waals surface area contributed by atoms with Crippen LogP contribution >= 0.6 is 11.6 Å². The third kappa shape index (κ3) is 4.93.